The van der Waals surface area contributed by atoms with E-state index in [0.29, 0.717) is 19.4 Å². The van der Waals surface area contributed by atoms with Crippen LogP contribution >= 0.6 is 10.7 Å². The average Bonchev–Trinajstić information content (AvgIpc) is 2.46. The molecule has 0 radical (unpaired) electrons. The molecule has 1 heterocycles. The molecular formula is C14H18ClNO4S. The Morgan fingerprint density at radius 1 is 1.33 bits per heavy atom. The highest BCUT2D eigenvalue weighted by molar-refractivity contribution is 8.14. The van der Waals surface area contributed by atoms with Crippen molar-refractivity contribution in [2.45, 2.75) is 24.7 Å². The zero-order valence-corrected chi connectivity index (χ0v) is 13.1. The van der Waals surface area contributed by atoms with Crippen molar-refractivity contribution < 1.29 is 17.9 Å². The largest absolute Gasteiger partial charge is 0.460 e. The topological polar surface area (TPSA) is 63.7 Å². The van der Waals surface area contributed by atoms with Crippen LogP contribution in [-0.2, 0) is 25.2 Å². The van der Waals surface area contributed by atoms with Gasteiger partial charge >= 0.3 is 5.97 Å². The summed E-state index contributed by atoms with van der Waals surface area (Å²) in [5, 5.41) is -0.602. The van der Waals surface area contributed by atoms with Gasteiger partial charge in [0.25, 0.3) is 0 Å². The van der Waals surface area contributed by atoms with Gasteiger partial charge in [0.15, 0.2) is 0 Å². The van der Waals surface area contributed by atoms with E-state index in [4.69, 9.17) is 15.4 Å². The van der Waals surface area contributed by atoms with Crippen molar-refractivity contribution in [2.24, 2.45) is 0 Å². The number of likely N-dealkylation sites (tertiary alicyclic amines) is 1. The van der Waals surface area contributed by atoms with Gasteiger partial charge in [0.2, 0.25) is 9.05 Å². The predicted molar refractivity (Wildman–Crippen MR) is 80.5 cm³/mol. The summed E-state index contributed by atoms with van der Waals surface area (Å²) < 4.78 is 27.9. The number of halogens is 1. The lowest BCUT2D eigenvalue weighted by Gasteiger charge is -2.30. The molecule has 1 aliphatic heterocycles. The molecule has 0 aromatic heterocycles. The van der Waals surface area contributed by atoms with E-state index in [1.54, 1.807) is 4.90 Å². The summed E-state index contributed by atoms with van der Waals surface area (Å²) in [6.45, 7) is 1.29. The Hall–Kier alpha value is -1.11. The lowest BCUT2D eigenvalue weighted by atomic mass is 10.1. The summed E-state index contributed by atoms with van der Waals surface area (Å²) in [4.78, 5) is 13.6. The molecule has 0 saturated carbocycles. The van der Waals surface area contributed by atoms with Crippen molar-refractivity contribution in [3.8, 4) is 0 Å². The number of ether oxygens (including phenoxy) is 1. The molecular weight excluding hydrogens is 314 g/mol. The SMILES string of the molecule is O=C(CN1CCCC(S(=O)(=O)Cl)C1)OCc1ccccc1. The molecule has 21 heavy (non-hydrogen) atoms. The van der Waals surface area contributed by atoms with E-state index in [2.05, 4.69) is 0 Å². The Kier molecular flexibility index (Phi) is 5.61. The lowest BCUT2D eigenvalue weighted by molar-refractivity contribution is -0.146. The standard InChI is InChI=1S/C14H18ClNO4S/c15-21(18,19)13-7-4-8-16(9-13)10-14(17)20-11-12-5-2-1-3-6-12/h1-3,5-6,13H,4,7-11H2. The maximum atomic E-state index is 11.8. The van der Waals surface area contributed by atoms with Crippen molar-refractivity contribution in [3.05, 3.63) is 35.9 Å². The highest BCUT2D eigenvalue weighted by Crippen LogP contribution is 2.19. The van der Waals surface area contributed by atoms with Gasteiger partial charge in [-0.15, -0.1) is 0 Å². The van der Waals surface area contributed by atoms with Crippen molar-refractivity contribution in [1.82, 2.24) is 4.90 Å². The zero-order chi connectivity index (χ0) is 15.3. The quantitative estimate of drug-likeness (QED) is 0.607. The van der Waals surface area contributed by atoms with Crippen molar-refractivity contribution in [1.29, 1.82) is 0 Å². The molecule has 1 aromatic carbocycles. The smallest absolute Gasteiger partial charge is 0.320 e. The number of carbonyl (C=O) groups excluding carboxylic acids is 1. The normalized spacial score (nSPS) is 20.1. The van der Waals surface area contributed by atoms with Crippen LogP contribution in [0.1, 0.15) is 18.4 Å². The number of esters is 1. The van der Waals surface area contributed by atoms with E-state index in [-0.39, 0.29) is 25.7 Å². The fourth-order valence-electron chi connectivity index (χ4n) is 2.35. The molecule has 0 N–H and O–H groups in total. The molecule has 1 unspecified atom stereocenters. The van der Waals surface area contributed by atoms with Crippen LogP contribution in [0, 0.1) is 0 Å². The highest BCUT2D eigenvalue weighted by atomic mass is 35.7. The first-order chi connectivity index (χ1) is 9.95. The van der Waals surface area contributed by atoms with Crippen LogP contribution < -0.4 is 0 Å². The molecule has 1 aromatic rings. The van der Waals surface area contributed by atoms with Gasteiger partial charge in [-0.2, -0.15) is 0 Å². The van der Waals surface area contributed by atoms with Gasteiger partial charge in [-0.3, -0.25) is 9.69 Å². The first kappa shape index (κ1) is 16.3. The Balaban J connectivity index is 1.80. The van der Waals surface area contributed by atoms with E-state index in [1.165, 1.54) is 0 Å². The minimum absolute atomic E-state index is 0.0930. The molecule has 1 fully saturated rings. The molecule has 5 nitrogen and oxygen atoms in total. The van der Waals surface area contributed by atoms with Gasteiger partial charge in [-0.25, -0.2) is 8.42 Å². The van der Waals surface area contributed by atoms with Crippen LogP contribution in [0.5, 0.6) is 0 Å². The first-order valence-electron chi connectivity index (χ1n) is 6.80. The second-order valence-corrected chi connectivity index (χ2v) is 8.03. The maximum absolute atomic E-state index is 11.8. The van der Waals surface area contributed by atoms with E-state index in [1.807, 2.05) is 30.3 Å². The van der Waals surface area contributed by atoms with E-state index in [0.717, 1.165) is 5.56 Å². The molecule has 0 aliphatic carbocycles. The number of hydrogen-bond acceptors (Lipinski definition) is 5. The summed E-state index contributed by atoms with van der Waals surface area (Å²) in [7, 11) is 1.81. The Morgan fingerprint density at radius 3 is 2.71 bits per heavy atom. The third-order valence-electron chi connectivity index (χ3n) is 3.46. The second kappa shape index (κ2) is 7.24. The van der Waals surface area contributed by atoms with Crippen LogP contribution in [0.25, 0.3) is 0 Å². The number of nitrogens with zero attached hydrogens (tertiary/aromatic N) is 1. The van der Waals surface area contributed by atoms with Gasteiger partial charge in [-0.05, 0) is 24.9 Å². The monoisotopic (exact) mass is 331 g/mol. The molecule has 116 valence electrons. The minimum Gasteiger partial charge on any atom is -0.460 e. The van der Waals surface area contributed by atoms with Crippen LogP contribution in [-0.4, -0.2) is 44.2 Å². The summed E-state index contributed by atoms with van der Waals surface area (Å²) in [5.74, 6) is -0.355. The third-order valence-corrected chi connectivity index (χ3v) is 5.39. The maximum Gasteiger partial charge on any atom is 0.320 e. The third kappa shape index (κ3) is 5.30. The van der Waals surface area contributed by atoms with Crippen LogP contribution in [0.4, 0.5) is 0 Å². The molecule has 1 saturated heterocycles. The zero-order valence-electron chi connectivity index (χ0n) is 11.6. The molecule has 0 spiro atoms. The average molecular weight is 332 g/mol. The highest BCUT2D eigenvalue weighted by Gasteiger charge is 2.30. The van der Waals surface area contributed by atoms with Gasteiger partial charge in [0.05, 0.1) is 11.8 Å². The Labute approximate surface area is 129 Å². The Bertz CT molecular complexity index is 576. The van der Waals surface area contributed by atoms with E-state index >= 15 is 0 Å². The van der Waals surface area contributed by atoms with Crippen LogP contribution in [0.15, 0.2) is 30.3 Å². The number of benzene rings is 1. The van der Waals surface area contributed by atoms with Crippen LogP contribution in [0.3, 0.4) is 0 Å². The van der Waals surface area contributed by atoms with Gasteiger partial charge in [-0.1, -0.05) is 30.3 Å². The molecule has 0 amide bonds. The molecule has 0 bridgehead atoms. The molecule has 1 aliphatic rings. The number of carbonyl (C=O) groups is 1. The Morgan fingerprint density at radius 2 is 2.05 bits per heavy atom. The van der Waals surface area contributed by atoms with Crippen molar-refractivity contribution in [2.75, 3.05) is 19.6 Å². The summed E-state index contributed by atoms with van der Waals surface area (Å²) in [6, 6.07) is 9.41. The number of rotatable bonds is 5. The molecule has 7 heteroatoms. The van der Waals surface area contributed by atoms with Crippen molar-refractivity contribution >= 4 is 25.7 Å². The number of piperidine rings is 1. The second-order valence-electron chi connectivity index (χ2n) is 5.12. The molecule has 1 atom stereocenters. The fraction of sp³-hybridized carbons (Fsp3) is 0.500. The van der Waals surface area contributed by atoms with Gasteiger partial charge in [0.1, 0.15) is 6.61 Å². The predicted octanol–water partition coefficient (Wildman–Crippen LogP) is 1.76. The van der Waals surface area contributed by atoms with Crippen molar-refractivity contribution in [3.63, 3.8) is 0 Å². The van der Waals surface area contributed by atoms with E-state index < -0.39 is 14.3 Å². The van der Waals surface area contributed by atoms with Gasteiger partial charge < -0.3 is 4.74 Å². The fourth-order valence-corrected chi connectivity index (χ4v) is 3.63. The minimum atomic E-state index is -3.57. The summed E-state index contributed by atoms with van der Waals surface area (Å²) in [6.07, 6.45) is 1.25. The lowest BCUT2D eigenvalue weighted by Crippen LogP contribution is -2.43. The van der Waals surface area contributed by atoms with E-state index in [9.17, 15) is 13.2 Å². The molecule has 2 rings (SSSR count). The number of hydrogen-bond donors (Lipinski definition) is 0. The van der Waals surface area contributed by atoms with Gasteiger partial charge in [0, 0.05) is 17.2 Å². The summed E-state index contributed by atoms with van der Waals surface area (Å²) >= 11 is 0. The first-order valence-corrected chi connectivity index (χ1v) is 9.18. The summed E-state index contributed by atoms with van der Waals surface area (Å²) in [5.41, 5.74) is 0.922. The van der Waals surface area contributed by atoms with Crippen LogP contribution in [0.2, 0.25) is 0 Å².